The van der Waals surface area contributed by atoms with Crippen molar-refractivity contribution >= 4 is 35.8 Å². The van der Waals surface area contributed by atoms with Gasteiger partial charge in [-0.15, -0.1) is 24.0 Å². The van der Waals surface area contributed by atoms with Crippen molar-refractivity contribution < 1.29 is 4.74 Å². The van der Waals surface area contributed by atoms with Gasteiger partial charge in [0.25, 0.3) is 0 Å². The minimum absolute atomic E-state index is 0. The number of nitrogens with one attached hydrogen (secondary N) is 2. The first-order valence-corrected chi connectivity index (χ1v) is 9.62. The van der Waals surface area contributed by atoms with E-state index in [9.17, 15) is 0 Å². The van der Waals surface area contributed by atoms with Gasteiger partial charge in [0, 0.05) is 52.1 Å². The minimum Gasteiger partial charge on any atom is -0.383 e. The Kier molecular flexibility index (Phi) is 11.6. The van der Waals surface area contributed by atoms with Crippen LogP contribution in [0.25, 0.3) is 0 Å². The largest absolute Gasteiger partial charge is 0.383 e. The van der Waals surface area contributed by atoms with E-state index in [0.717, 1.165) is 56.6 Å². The van der Waals surface area contributed by atoms with Gasteiger partial charge in [0.1, 0.15) is 5.82 Å². The van der Waals surface area contributed by atoms with Gasteiger partial charge in [0.15, 0.2) is 5.96 Å². The molecule has 0 bridgehead atoms. The number of guanidine groups is 1. The van der Waals surface area contributed by atoms with Gasteiger partial charge in [-0.25, -0.2) is 9.98 Å². The maximum atomic E-state index is 5.17. The number of aliphatic imine (C=N–C) groups is 1. The number of likely N-dealkylation sites (N-methyl/N-ethyl adjacent to an activating group) is 1. The number of anilines is 1. The highest BCUT2D eigenvalue weighted by atomic mass is 127. The standard InChI is InChI=1S/C19H34N6O.HI/c1-5-20-19(23-16(3)15-26-4)22-14-17-7-8-18(21-13-17)25-11-9-24(6-2)10-12-25;/h7-8,13,16H,5-6,9-12,14-15H2,1-4H3,(H2,20,22,23);1H. The summed E-state index contributed by atoms with van der Waals surface area (Å²) < 4.78 is 5.17. The highest BCUT2D eigenvalue weighted by molar-refractivity contribution is 14.0. The van der Waals surface area contributed by atoms with E-state index in [1.807, 2.05) is 6.20 Å². The molecule has 0 aliphatic carbocycles. The van der Waals surface area contributed by atoms with Gasteiger partial charge in [-0.2, -0.15) is 0 Å². The summed E-state index contributed by atoms with van der Waals surface area (Å²) in [7, 11) is 1.71. The lowest BCUT2D eigenvalue weighted by atomic mass is 10.2. The van der Waals surface area contributed by atoms with Crippen LogP contribution in [0.1, 0.15) is 26.3 Å². The lowest BCUT2D eigenvalue weighted by Crippen LogP contribution is -2.46. The van der Waals surface area contributed by atoms with Crippen LogP contribution in [-0.2, 0) is 11.3 Å². The van der Waals surface area contributed by atoms with Crippen molar-refractivity contribution in [3.8, 4) is 0 Å². The van der Waals surface area contributed by atoms with Crippen LogP contribution in [0, 0.1) is 0 Å². The van der Waals surface area contributed by atoms with Gasteiger partial charge >= 0.3 is 0 Å². The quantitative estimate of drug-likeness (QED) is 0.330. The van der Waals surface area contributed by atoms with Crippen LogP contribution in [0.15, 0.2) is 23.3 Å². The molecule has 0 aromatic carbocycles. The summed E-state index contributed by atoms with van der Waals surface area (Å²) in [6.07, 6.45) is 1.94. The molecule has 2 N–H and O–H groups in total. The summed E-state index contributed by atoms with van der Waals surface area (Å²) in [6, 6.07) is 4.45. The van der Waals surface area contributed by atoms with E-state index in [-0.39, 0.29) is 30.0 Å². The number of piperazine rings is 1. The number of hydrogen-bond donors (Lipinski definition) is 2. The first-order chi connectivity index (χ1) is 12.7. The molecule has 8 heteroatoms. The zero-order chi connectivity index (χ0) is 18.8. The fraction of sp³-hybridized carbons (Fsp3) is 0.684. The molecule has 1 saturated heterocycles. The second-order valence-corrected chi connectivity index (χ2v) is 6.64. The molecule has 1 aliphatic rings. The molecule has 1 atom stereocenters. The van der Waals surface area contributed by atoms with Crippen LogP contribution < -0.4 is 15.5 Å². The van der Waals surface area contributed by atoms with Crippen molar-refractivity contribution in [1.29, 1.82) is 0 Å². The van der Waals surface area contributed by atoms with Crippen LogP contribution in [0.5, 0.6) is 0 Å². The monoisotopic (exact) mass is 490 g/mol. The Morgan fingerprint density at radius 1 is 1.26 bits per heavy atom. The highest BCUT2D eigenvalue weighted by Crippen LogP contribution is 2.14. The molecule has 1 aliphatic heterocycles. The SMILES string of the molecule is CCNC(=NCc1ccc(N2CCN(CC)CC2)nc1)NC(C)COC.I. The third-order valence-corrected chi connectivity index (χ3v) is 4.52. The van der Waals surface area contributed by atoms with E-state index >= 15 is 0 Å². The van der Waals surface area contributed by atoms with Crippen molar-refractivity contribution in [3.63, 3.8) is 0 Å². The third kappa shape index (κ3) is 8.18. The maximum Gasteiger partial charge on any atom is 0.191 e. The van der Waals surface area contributed by atoms with Gasteiger partial charge in [0.2, 0.25) is 0 Å². The number of rotatable bonds is 8. The van der Waals surface area contributed by atoms with Crippen LogP contribution >= 0.6 is 24.0 Å². The fourth-order valence-corrected chi connectivity index (χ4v) is 3.01. The van der Waals surface area contributed by atoms with E-state index in [2.05, 4.69) is 63.3 Å². The number of ether oxygens (including phenoxy) is 1. The van der Waals surface area contributed by atoms with E-state index in [1.54, 1.807) is 7.11 Å². The van der Waals surface area contributed by atoms with Crippen molar-refractivity contribution in [2.24, 2.45) is 4.99 Å². The number of nitrogens with zero attached hydrogens (tertiary/aromatic N) is 4. The Labute approximate surface area is 181 Å². The molecule has 2 rings (SSSR count). The molecule has 0 saturated carbocycles. The molecule has 1 aromatic heterocycles. The molecule has 0 spiro atoms. The first kappa shape index (κ1) is 23.9. The second kappa shape index (κ2) is 13.1. The zero-order valence-electron chi connectivity index (χ0n) is 17.1. The maximum absolute atomic E-state index is 5.17. The Bertz CT molecular complexity index is 546. The van der Waals surface area contributed by atoms with Crippen molar-refractivity contribution in [3.05, 3.63) is 23.9 Å². The van der Waals surface area contributed by atoms with Crippen molar-refractivity contribution in [2.75, 3.05) is 57.9 Å². The second-order valence-electron chi connectivity index (χ2n) is 6.64. The van der Waals surface area contributed by atoms with Crippen molar-refractivity contribution in [1.82, 2.24) is 20.5 Å². The number of methoxy groups -OCH3 is 1. The lowest BCUT2D eigenvalue weighted by Gasteiger charge is -2.34. The van der Waals surface area contributed by atoms with Gasteiger partial charge in [-0.05, 0) is 32.0 Å². The fourth-order valence-electron chi connectivity index (χ4n) is 3.01. The van der Waals surface area contributed by atoms with E-state index in [4.69, 9.17) is 4.74 Å². The number of pyridine rings is 1. The molecule has 0 amide bonds. The van der Waals surface area contributed by atoms with Crippen LogP contribution in [0.4, 0.5) is 5.82 Å². The number of halogens is 1. The first-order valence-electron chi connectivity index (χ1n) is 9.62. The normalized spacial score (nSPS) is 16.6. The average Bonchev–Trinajstić information content (AvgIpc) is 2.67. The predicted octanol–water partition coefficient (Wildman–Crippen LogP) is 1.93. The molecule has 7 nitrogen and oxygen atoms in total. The summed E-state index contributed by atoms with van der Waals surface area (Å²) in [6.45, 7) is 13.9. The third-order valence-electron chi connectivity index (χ3n) is 4.52. The van der Waals surface area contributed by atoms with E-state index in [0.29, 0.717) is 13.2 Å². The van der Waals surface area contributed by atoms with E-state index in [1.165, 1.54) is 0 Å². The van der Waals surface area contributed by atoms with Crippen LogP contribution in [-0.4, -0.2) is 74.9 Å². The summed E-state index contributed by atoms with van der Waals surface area (Å²) >= 11 is 0. The molecule has 2 heterocycles. The Morgan fingerprint density at radius 3 is 2.56 bits per heavy atom. The van der Waals surface area contributed by atoms with Gasteiger partial charge in [-0.1, -0.05) is 13.0 Å². The minimum atomic E-state index is 0. The molecule has 1 aromatic rings. The molecule has 154 valence electrons. The molecule has 1 unspecified atom stereocenters. The van der Waals surface area contributed by atoms with Crippen LogP contribution in [0.3, 0.4) is 0 Å². The van der Waals surface area contributed by atoms with Gasteiger partial charge < -0.3 is 25.2 Å². The highest BCUT2D eigenvalue weighted by Gasteiger charge is 2.16. The number of aromatic nitrogens is 1. The Balaban J connectivity index is 0.00000364. The predicted molar refractivity (Wildman–Crippen MR) is 123 cm³/mol. The summed E-state index contributed by atoms with van der Waals surface area (Å²) in [5.41, 5.74) is 1.11. The zero-order valence-corrected chi connectivity index (χ0v) is 19.4. The Hall–Kier alpha value is -1.13. The Morgan fingerprint density at radius 2 is 2.00 bits per heavy atom. The summed E-state index contributed by atoms with van der Waals surface area (Å²) in [5.74, 6) is 1.86. The number of hydrogen-bond acceptors (Lipinski definition) is 5. The average molecular weight is 490 g/mol. The van der Waals surface area contributed by atoms with Gasteiger partial charge in [0.05, 0.1) is 13.2 Å². The van der Waals surface area contributed by atoms with Crippen molar-refractivity contribution in [2.45, 2.75) is 33.4 Å². The summed E-state index contributed by atoms with van der Waals surface area (Å²) in [5, 5.41) is 6.61. The lowest BCUT2D eigenvalue weighted by molar-refractivity contribution is 0.179. The topological polar surface area (TPSA) is 65.0 Å². The smallest absolute Gasteiger partial charge is 0.191 e. The molecular weight excluding hydrogens is 455 g/mol. The summed E-state index contributed by atoms with van der Waals surface area (Å²) in [4.78, 5) is 14.1. The molecular formula is C19H35IN6O. The van der Waals surface area contributed by atoms with Gasteiger partial charge in [-0.3, -0.25) is 0 Å². The molecule has 0 radical (unpaired) electrons. The van der Waals surface area contributed by atoms with E-state index < -0.39 is 0 Å². The molecule has 27 heavy (non-hydrogen) atoms. The van der Waals surface area contributed by atoms with Crippen LogP contribution in [0.2, 0.25) is 0 Å². The molecule has 1 fully saturated rings.